The minimum Gasteiger partial charge on any atom is -0.350 e. The molecular formula is C25H34Cl2N6O3. The first-order valence-corrected chi connectivity index (χ1v) is 12.5. The molecule has 0 spiro atoms. The number of rotatable bonds is 14. The fourth-order valence-corrected chi connectivity index (χ4v) is 4.03. The lowest BCUT2D eigenvalue weighted by atomic mass is 10.0. The van der Waals surface area contributed by atoms with Gasteiger partial charge in [-0.25, -0.2) is 0 Å². The van der Waals surface area contributed by atoms with Crippen LogP contribution in [0, 0.1) is 0 Å². The number of nitrogens with one attached hydrogen (secondary N) is 2. The van der Waals surface area contributed by atoms with E-state index < -0.39 is 23.9 Å². The third-order valence-electron chi connectivity index (χ3n) is 5.55. The first kappa shape index (κ1) is 29.5. The van der Waals surface area contributed by atoms with Gasteiger partial charge in [0.1, 0.15) is 6.04 Å². The van der Waals surface area contributed by atoms with Crippen LogP contribution in [0.3, 0.4) is 0 Å². The van der Waals surface area contributed by atoms with Gasteiger partial charge in [-0.05, 0) is 36.1 Å². The van der Waals surface area contributed by atoms with E-state index in [0.29, 0.717) is 41.5 Å². The highest BCUT2D eigenvalue weighted by molar-refractivity contribution is 6.35. The number of hydrogen-bond donors (Lipinski definition) is 5. The van der Waals surface area contributed by atoms with Crippen molar-refractivity contribution in [3.8, 4) is 0 Å². The monoisotopic (exact) mass is 536 g/mol. The van der Waals surface area contributed by atoms with Gasteiger partial charge in [-0.15, -0.1) is 0 Å². The maximum absolute atomic E-state index is 13.0. The van der Waals surface area contributed by atoms with Crippen molar-refractivity contribution >= 4 is 40.9 Å². The number of nitrogens with zero attached hydrogens (tertiary/aromatic N) is 1. The standard InChI is InChI=1S/C25H34Cl2N6O3/c26-19-8-7-18(20(27)14-19)16-31-25(36)22(9-6-17-4-2-1-3-5-17)32-24(35)21(30)15-23(34)33(12-10-28)13-11-29/h1-5,7-8,14,21-22H,6,9-13,15-16,28-30H2,(H,31,36)(H,32,35)/t21-,22-/m0/s1. The summed E-state index contributed by atoms with van der Waals surface area (Å²) in [6.07, 6.45) is 0.665. The Balaban J connectivity index is 2.05. The number of benzene rings is 2. The van der Waals surface area contributed by atoms with E-state index in [2.05, 4.69) is 10.6 Å². The Kier molecular flexibility index (Phi) is 12.7. The molecule has 3 amide bonds. The minimum absolute atomic E-state index is 0.157. The first-order chi connectivity index (χ1) is 17.2. The number of carbonyl (C=O) groups is 3. The molecule has 36 heavy (non-hydrogen) atoms. The van der Waals surface area contributed by atoms with E-state index in [9.17, 15) is 14.4 Å². The van der Waals surface area contributed by atoms with Crippen molar-refractivity contribution in [2.24, 2.45) is 17.2 Å². The summed E-state index contributed by atoms with van der Waals surface area (Å²) in [4.78, 5) is 39.9. The van der Waals surface area contributed by atoms with Crippen molar-refractivity contribution in [3.05, 3.63) is 69.7 Å². The largest absolute Gasteiger partial charge is 0.350 e. The average Bonchev–Trinajstić information content (AvgIpc) is 2.86. The lowest BCUT2D eigenvalue weighted by Crippen LogP contribution is -2.53. The lowest BCUT2D eigenvalue weighted by molar-refractivity contribution is -0.135. The van der Waals surface area contributed by atoms with Crippen molar-refractivity contribution in [2.45, 2.75) is 37.9 Å². The van der Waals surface area contributed by atoms with Crippen LogP contribution in [0.5, 0.6) is 0 Å². The van der Waals surface area contributed by atoms with Gasteiger partial charge in [0.25, 0.3) is 0 Å². The summed E-state index contributed by atoms with van der Waals surface area (Å²) in [5.41, 5.74) is 18.8. The SMILES string of the molecule is NCCN(CCN)C(=O)C[C@H](N)C(=O)N[C@@H](CCc1ccccc1)C(=O)NCc1ccc(Cl)cc1Cl. The van der Waals surface area contributed by atoms with Crippen LogP contribution < -0.4 is 27.8 Å². The number of hydrogen-bond acceptors (Lipinski definition) is 6. The van der Waals surface area contributed by atoms with E-state index in [0.717, 1.165) is 5.56 Å². The fourth-order valence-electron chi connectivity index (χ4n) is 3.56. The second kappa shape index (κ2) is 15.4. The smallest absolute Gasteiger partial charge is 0.242 e. The van der Waals surface area contributed by atoms with E-state index >= 15 is 0 Å². The van der Waals surface area contributed by atoms with Crippen molar-refractivity contribution in [1.29, 1.82) is 0 Å². The first-order valence-electron chi connectivity index (χ1n) is 11.7. The highest BCUT2D eigenvalue weighted by Gasteiger charge is 2.26. The molecule has 0 fully saturated rings. The highest BCUT2D eigenvalue weighted by atomic mass is 35.5. The molecule has 8 N–H and O–H groups in total. The minimum atomic E-state index is -1.13. The molecule has 0 aliphatic carbocycles. The summed E-state index contributed by atoms with van der Waals surface area (Å²) < 4.78 is 0. The molecule has 0 bridgehead atoms. The number of nitrogens with two attached hydrogens (primary N) is 3. The van der Waals surface area contributed by atoms with Gasteiger partial charge in [0.05, 0.1) is 12.5 Å². The van der Waals surface area contributed by atoms with Crippen molar-refractivity contribution in [2.75, 3.05) is 26.2 Å². The Morgan fingerprint density at radius 1 is 0.944 bits per heavy atom. The molecule has 0 aromatic heterocycles. The number of carbonyl (C=O) groups excluding carboxylic acids is 3. The van der Waals surface area contributed by atoms with Crippen LogP contribution in [0.2, 0.25) is 10.0 Å². The average molecular weight is 537 g/mol. The quantitative estimate of drug-likeness (QED) is 0.244. The molecular weight excluding hydrogens is 503 g/mol. The Labute approximate surface area is 221 Å². The Morgan fingerprint density at radius 3 is 2.22 bits per heavy atom. The van der Waals surface area contributed by atoms with Crippen LogP contribution in [0.1, 0.15) is 24.0 Å². The van der Waals surface area contributed by atoms with Crippen LogP contribution in [-0.4, -0.2) is 60.9 Å². The zero-order valence-corrected chi connectivity index (χ0v) is 21.6. The van der Waals surface area contributed by atoms with Crippen LogP contribution >= 0.6 is 23.2 Å². The summed E-state index contributed by atoms with van der Waals surface area (Å²) in [6.45, 7) is 1.34. The van der Waals surface area contributed by atoms with Gasteiger partial charge < -0.3 is 32.7 Å². The number of aryl methyl sites for hydroxylation is 1. The molecule has 0 saturated carbocycles. The van der Waals surface area contributed by atoms with Gasteiger partial charge in [0.2, 0.25) is 17.7 Å². The third-order valence-corrected chi connectivity index (χ3v) is 6.13. The van der Waals surface area contributed by atoms with Crippen molar-refractivity contribution in [3.63, 3.8) is 0 Å². The second-order valence-electron chi connectivity index (χ2n) is 8.31. The van der Waals surface area contributed by atoms with Gasteiger partial charge in [-0.1, -0.05) is 59.6 Å². The van der Waals surface area contributed by atoms with Crippen LogP contribution in [0.15, 0.2) is 48.5 Å². The summed E-state index contributed by atoms with van der Waals surface area (Å²) in [7, 11) is 0. The molecule has 0 unspecified atom stereocenters. The van der Waals surface area contributed by atoms with Crippen LogP contribution in [-0.2, 0) is 27.3 Å². The molecule has 0 saturated heterocycles. The molecule has 2 aromatic carbocycles. The Bertz CT molecular complexity index is 1000. The predicted octanol–water partition coefficient (Wildman–Crippen LogP) is 1.19. The molecule has 9 nitrogen and oxygen atoms in total. The second-order valence-corrected chi connectivity index (χ2v) is 9.15. The van der Waals surface area contributed by atoms with Crippen molar-refractivity contribution in [1.82, 2.24) is 15.5 Å². The molecule has 11 heteroatoms. The number of amides is 3. The van der Waals surface area contributed by atoms with Gasteiger partial charge >= 0.3 is 0 Å². The summed E-state index contributed by atoms with van der Waals surface area (Å²) in [5, 5.41) is 6.43. The van der Waals surface area contributed by atoms with E-state index in [1.54, 1.807) is 18.2 Å². The molecule has 0 aliphatic rings. The van der Waals surface area contributed by atoms with E-state index in [4.69, 9.17) is 40.4 Å². The Morgan fingerprint density at radius 2 is 1.61 bits per heavy atom. The highest BCUT2D eigenvalue weighted by Crippen LogP contribution is 2.20. The molecule has 0 radical (unpaired) electrons. The molecule has 2 atom stereocenters. The zero-order valence-electron chi connectivity index (χ0n) is 20.1. The molecule has 0 heterocycles. The summed E-state index contributed by atoms with van der Waals surface area (Å²) in [6, 6.07) is 12.6. The normalized spacial score (nSPS) is 12.5. The molecule has 2 aromatic rings. The molecule has 196 valence electrons. The molecule has 2 rings (SSSR count). The lowest BCUT2D eigenvalue weighted by Gasteiger charge is -2.24. The summed E-state index contributed by atoms with van der Waals surface area (Å²) >= 11 is 12.1. The zero-order chi connectivity index (χ0) is 26.5. The topological polar surface area (TPSA) is 157 Å². The van der Waals surface area contributed by atoms with Crippen LogP contribution in [0.25, 0.3) is 0 Å². The summed E-state index contributed by atoms with van der Waals surface area (Å²) in [5.74, 6) is -1.31. The van der Waals surface area contributed by atoms with E-state index in [1.807, 2.05) is 30.3 Å². The van der Waals surface area contributed by atoms with Gasteiger partial charge in [-0.3, -0.25) is 14.4 Å². The van der Waals surface area contributed by atoms with E-state index in [1.165, 1.54) is 4.90 Å². The third kappa shape index (κ3) is 9.75. The fraction of sp³-hybridized carbons (Fsp3) is 0.400. The predicted molar refractivity (Wildman–Crippen MR) is 142 cm³/mol. The maximum Gasteiger partial charge on any atom is 0.242 e. The van der Waals surface area contributed by atoms with Crippen molar-refractivity contribution < 1.29 is 14.4 Å². The Hall–Kier alpha value is -2.69. The van der Waals surface area contributed by atoms with E-state index in [-0.39, 0.29) is 32.0 Å². The number of halogens is 2. The van der Waals surface area contributed by atoms with Crippen LogP contribution in [0.4, 0.5) is 0 Å². The van der Waals surface area contributed by atoms with Gasteiger partial charge in [0, 0.05) is 42.8 Å². The maximum atomic E-state index is 13.0. The molecule has 0 aliphatic heterocycles. The van der Waals surface area contributed by atoms with Gasteiger partial charge in [0.15, 0.2) is 0 Å². The van der Waals surface area contributed by atoms with Gasteiger partial charge in [-0.2, -0.15) is 0 Å².